The van der Waals surface area contributed by atoms with Crippen LogP contribution in [0.3, 0.4) is 0 Å². The first-order valence-corrected chi connectivity index (χ1v) is 7.69. The number of methoxy groups -OCH3 is 1. The zero-order chi connectivity index (χ0) is 16.1. The summed E-state index contributed by atoms with van der Waals surface area (Å²) in [6.07, 6.45) is 1.55. The minimum atomic E-state index is 0.316. The van der Waals surface area contributed by atoms with Crippen LogP contribution >= 0.6 is 11.6 Å². The average Bonchev–Trinajstić information content (AvgIpc) is 3.10. The Hall–Kier alpha value is -2.46. The maximum Gasteiger partial charge on any atom is 0.226 e. The van der Waals surface area contributed by atoms with E-state index in [4.69, 9.17) is 25.5 Å². The number of rotatable bonds is 6. The fraction of sp³-hybridized carbons (Fsp3) is 0.167. The third-order valence-corrected chi connectivity index (χ3v) is 3.61. The van der Waals surface area contributed by atoms with Crippen LogP contribution in [0.2, 0.25) is 0 Å². The summed E-state index contributed by atoms with van der Waals surface area (Å²) in [6, 6.07) is 15.5. The maximum atomic E-state index is 5.89. The maximum absolute atomic E-state index is 5.89. The van der Waals surface area contributed by atoms with Crippen molar-refractivity contribution in [2.75, 3.05) is 7.11 Å². The van der Waals surface area contributed by atoms with Gasteiger partial charge < -0.3 is 13.9 Å². The first-order chi connectivity index (χ1) is 11.3. The van der Waals surface area contributed by atoms with Crippen molar-refractivity contribution in [3.05, 3.63) is 66.1 Å². The monoisotopic (exact) mass is 329 g/mol. The summed E-state index contributed by atoms with van der Waals surface area (Å²) in [4.78, 5) is 4.32. The quantitative estimate of drug-likeness (QED) is 0.616. The Morgan fingerprint density at radius 2 is 1.91 bits per heavy atom. The van der Waals surface area contributed by atoms with E-state index >= 15 is 0 Å². The van der Waals surface area contributed by atoms with Gasteiger partial charge in [-0.25, -0.2) is 4.98 Å². The van der Waals surface area contributed by atoms with Gasteiger partial charge in [0.05, 0.1) is 18.7 Å². The van der Waals surface area contributed by atoms with Crippen molar-refractivity contribution in [1.29, 1.82) is 0 Å². The smallest absolute Gasteiger partial charge is 0.226 e. The second kappa shape index (κ2) is 7.20. The highest BCUT2D eigenvalue weighted by Gasteiger charge is 2.11. The molecule has 4 nitrogen and oxygen atoms in total. The van der Waals surface area contributed by atoms with Crippen LogP contribution in [0.25, 0.3) is 11.5 Å². The minimum absolute atomic E-state index is 0.316. The molecule has 3 aromatic rings. The summed E-state index contributed by atoms with van der Waals surface area (Å²) in [5.74, 6) is 2.12. The van der Waals surface area contributed by atoms with Crippen LogP contribution in [-0.2, 0) is 12.5 Å². The van der Waals surface area contributed by atoms with Crippen molar-refractivity contribution < 1.29 is 13.9 Å². The van der Waals surface area contributed by atoms with Gasteiger partial charge in [-0.05, 0) is 23.8 Å². The Morgan fingerprint density at radius 1 is 1.09 bits per heavy atom. The number of hydrogen-bond donors (Lipinski definition) is 0. The molecule has 118 valence electrons. The Bertz CT molecular complexity index is 771. The standard InChI is InChI=1S/C18H16ClNO3/c1-21-16-8-7-14(18-20-15(10-19)12-23-18)9-17(16)22-11-13-5-3-2-4-6-13/h2-9,12H,10-11H2,1H3. The van der Waals surface area contributed by atoms with Crippen LogP contribution in [0, 0.1) is 0 Å². The number of aromatic nitrogens is 1. The Balaban J connectivity index is 1.84. The number of benzene rings is 2. The van der Waals surface area contributed by atoms with Crippen molar-refractivity contribution in [2.45, 2.75) is 12.5 Å². The Kier molecular flexibility index (Phi) is 4.83. The van der Waals surface area contributed by atoms with Crippen LogP contribution in [0.1, 0.15) is 11.3 Å². The lowest BCUT2D eigenvalue weighted by Crippen LogP contribution is -1.98. The second-order valence-corrected chi connectivity index (χ2v) is 5.18. The molecule has 0 fully saturated rings. The summed E-state index contributed by atoms with van der Waals surface area (Å²) < 4.78 is 16.7. The van der Waals surface area contributed by atoms with E-state index in [0.29, 0.717) is 35.6 Å². The van der Waals surface area contributed by atoms with Gasteiger partial charge in [-0.15, -0.1) is 11.6 Å². The number of ether oxygens (including phenoxy) is 2. The number of halogens is 1. The third kappa shape index (κ3) is 3.66. The molecule has 0 spiro atoms. The van der Waals surface area contributed by atoms with Crippen molar-refractivity contribution in [2.24, 2.45) is 0 Å². The number of nitrogens with zero attached hydrogens (tertiary/aromatic N) is 1. The zero-order valence-corrected chi connectivity index (χ0v) is 13.4. The molecule has 1 aromatic heterocycles. The van der Waals surface area contributed by atoms with E-state index in [0.717, 1.165) is 11.1 Å². The van der Waals surface area contributed by atoms with E-state index in [1.807, 2.05) is 48.5 Å². The van der Waals surface area contributed by atoms with Crippen molar-refractivity contribution >= 4 is 11.6 Å². The molecule has 5 heteroatoms. The van der Waals surface area contributed by atoms with Gasteiger partial charge in [-0.3, -0.25) is 0 Å². The van der Waals surface area contributed by atoms with E-state index < -0.39 is 0 Å². The van der Waals surface area contributed by atoms with Crippen molar-refractivity contribution in [3.8, 4) is 23.0 Å². The normalized spacial score (nSPS) is 10.5. The summed E-state index contributed by atoms with van der Waals surface area (Å²) in [5, 5.41) is 0. The molecule has 0 bridgehead atoms. The molecular formula is C18H16ClNO3. The van der Waals surface area contributed by atoms with E-state index in [1.54, 1.807) is 13.4 Å². The summed E-state index contributed by atoms with van der Waals surface area (Å²) >= 11 is 5.76. The van der Waals surface area contributed by atoms with Gasteiger partial charge in [0, 0.05) is 5.56 Å². The molecule has 0 unspecified atom stereocenters. The number of oxazole rings is 1. The topological polar surface area (TPSA) is 44.5 Å². The molecule has 0 amide bonds. The molecule has 3 rings (SSSR count). The zero-order valence-electron chi connectivity index (χ0n) is 12.7. The van der Waals surface area contributed by atoms with Crippen LogP contribution in [0.15, 0.2) is 59.2 Å². The van der Waals surface area contributed by atoms with Crippen molar-refractivity contribution in [1.82, 2.24) is 4.98 Å². The lowest BCUT2D eigenvalue weighted by Gasteiger charge is -2.11. The summed E-state index contributed by atoms with van der Waals surface area (Å²) in [5.41, 5.74) is 2.59. The molecule has 0 aliphatic rings. The van der Waals surface area contributed by atoms with Gasteiger partial charge in [0.2, 0.25) is 5.89 Å². The van der Waals surface area contributed by atoms with Gasteiger partial charge in [0.15, 0.2) is 11.5 Å². The lowest BCUT2D eigenvalue weighted by atomic mass is 10.2. The SMILES string of the molecule is COc1ccc(-c2nc(CCl)co2)cc1OCc1ccccc1. The summed E-state index contributed by atoms with van der Waals surface area (Å²) in [6.45, 7) is 0.458. The highest BCUT2D eigenvalue weighted by molar-refractivity contribution is 6.16. The molecule has 0 atom stereocenters. The van der Waals surface area contributed by atoms with Crippen LogP contribution in [0.4, 0.5) is 0 Å². The molecule has 0 saturated heterocycles. The second-order valence-electron chi connectivity index (χ2n) is 4.92. The molecule has 0 N–H and O–H groups in total. The molecule has 2 aromatic carbocycles. The van der Waals surface area contributed by atoms with E-state index in [9.17, 15) is 0 Å². The van der Waals surface area contributed by atoms with E-state index in [-0.39, 0.29) is 0 Å². The highest BCUT2D eigenvalue weighted by Crippen LogP contribution is 2.33. The van der Waals surface area contributed by atoms with Gasteiger partial charge in [-0.1, -0.05) is 30.3 Å². The largest absolute Gasteiger partial charge is 0.493 e. The van der Waals surface area contributed by atoms with E-state index in [1.165, 1.54) is 0 Å². The van der Waals surface area contributed by atoms with Gasteiger partial charge in [-0.2, -0.15) is 0 Å². The lowest BCUT2D eigenvalue weighted by molar-refractivity contribution is 0.284. The predicted molar refractivity (Wildman–Crippen MR) is 88.8 cm³/mol. The first-order valence-electron chi connectivity index (χ1n) is 7.15. The molecular weight excluding hydrogens is 314 g/mol. The predicted octanol–water partition coefficient (Wildman–Crippen LogP) is 4.67. The van der Waals surface area contributed by atoms with Crippen LogP contribution in [-0.4, -0.2) is 12.1 Å². The summed E-state index contributed by atoms with van der Waals surface area (Å²) in [7, 11) is 1.61. The molecule has 0 saturated carbocycles. The Labute approximate surface area is 139 Å². The van der Waals surface area contributed by atoms with Gasteiger partial charge in [0.1, 0.15) is 12.9 Å². The van der Waals surface area contributed by atoms with Gasteiger partial charge >= 0.3 is 0 Å². The van der Waals surface area contributed by atoms with Gasteiger partial charge in [0.25, 0.3) is 0 Å². The molecule has 0 radical (unpaired) electrons. The molecule has 1 heterocycles. The van der Waals surface area contributed by atoms with E-state index in [2.05, 4.69) is 4.98 Å². The first kappa shape index (κ1) is 15.4. The van der Waals surface area contributed by atoms with Crippen LogP contribution in [0.5, 0.6) is 11.5 Å². The highest BCUT2D eigenvalue weighted by atomic mass is 35.5. The minimum Gasteiger partial charge on any atom is -0.493 e. The fourth-order valence-electron chi connectivity index (χ4n) is 2.16. The van der Waals surface area contributed by atoms with Crippen molar-refractivity contribution in [3.63, 3.8) is 0 Å². The number of hydrogen-bond acceptors (Lipinski definition) is 4. The fourth-order valence-corrected chi connectivity index (χ4v) is 2.28. The molecule has 23 heavy (non-hydrogen) atoms. The van der Waals surface area contributed by atoms with Crippen LogP contribution < -0.4 is 9.47 Å². The number of alkyl halides is 1. The third-order valence-electron chi connectivity index (χ3n) is 3.34. The molecule has 0 aliphatic heterocycles. The Morgan fingerprint density at radius 3 is 2.61 bits per heavy atom. The average molecular weight is 330 g/mol. The molecule has 0 aliphatic carbocycles.